The molecule has 0 saturated heterocycles. The van der Waals surface area contributed by atoms with Crippen LogP contribution in [0.5, 0.6) is 0 Å². The van der Waals surface area contributed by atoms with Crippen molar-refractivity contribution in [1.29, 1.82) is 0 Å². The van der Waals surface area contributed by atoms with Gasteiger partial charge >= 0.3 is 0 Å². The molecule has 1 aliphatic carbocycles. The molecule has 0 spiro atoms. The molecule has 1 aromatic heterocycles. The molecule has 4 heteroatoms. The Hall–Kier alpha value is -0.870. The van der Waals surface area contributed by atoms with Crippen molar-refractivity contribution >= 4 is 17.2 Å². The fourth-order valence-corrected chi connectivity index (χ4v) is 4.10. The largest absolute Gasteiger partial charge is 0.349 e. The van der Waals surface area contributed by atoms with E-state index in [4.69, 9.17) is 5.73 Å². The van der Waals surface area contributed by atoms with Gasteiger partial charge in [0, 0.05) is 17.0 Å². The van der Waals surface area contributed by atoms with E-state index in [0.29, 0.717) is 12.1 Å². The summed E-state index contributed by atoms with van der Waals surface area (Å²) in [5.41, 5.74) is 7.24. The molecule has 0 unspecified atom stereocenters. The van der Waals surface area contributed by atoms with Gasteiger partial charge in [0.05, 0.1) is 4.88 Å². The third kappa shape index (κ3) is 3.83. The molecule has 112 valence electrons. The molecule has 0 radical (unpaired) electrons. The van der Waals surface area contributed by atoms with E-state index in [1.165, 1.54) is 10.4 Å². The zero-order chi connectivity index (χ0) is 14.5. The minimum atomic E-state index is 0.104. The highest BCUT2D eigenvalue weighted by Crippen LogP contribution is 2.25. The smallest absolute Gasteiger partial charge is 0.261 e. The molecule has 0 bridgehead atoms. The Labute approximate surface area is 125 Å². The molecule has 20 heavy (non-hydrogen) atoms. The molecule has 1 heterocycles. The summed E-state index contributed by atoms with van der Waals surface area (Å²) >= 11 is 1.67. The van der Waals surface area contributed by atoms with Crippen LogP contribution in [0.1, 0.15) is 66.1 Å². The molecular weight excluding hydrogens is 268 g/mol. The van der Waals surface area contributed by atoms with Gasteiger partial charge in [-0.15, -0.1) is 11.3 Å². The van der Waals surface area contributed by atoms with Gasteiger partial charge in [-0.05, 0) is 50.2 Å². The van der Waals surface area contributed by atoms with Crippen molar-refractivity contribution in [3.05, 3.63) is 21.4 Å². The zero-order valence-electron chi connectivity index (χ0n) is 12.6. The first-order valence-electron chi connectivity index (χ1n) is 7.82. The summed E-state index contributed by atoms with van der Waals surface area (Å²) in [6.07, 6.45) is 7.31. The Bertz CT molecular complexity index is 447. The number of hydrogen-bond donors (Lipinski definition) is 2. The van der Waals surface area contributed by atoms with Crippen LogP contribution < -0.4 is 11.1 Å². The molecule has 0 aromatic carbocycles. The summed E-state index contributed by atoms with van der Waals surface area (Å²) in [4.78, 5) is 14.6. The number of rotatable bonds is 5. The van der Waals surface area contributed by atoms with Crippen LogP contribution in [0, 0.1) is 0 Å². The van der Waals surface area contributed by atoms with Crippen molar-refractivity contribution < 1.29 is 4.79 Å². The van der Waals surface area contributed by atoms with E-state index in [1.54, 1.807) is 11.3 Å². The monoisotopic (exact) mass is 294 g/mol. The van der Waals surface area contributed by atoms with E-state index < -0.39 is 0 Å². The summed E-state index contributed by atoms with van der Waals surface area (Å²) in [6, 6.07) is 2.72. The lowest BCUT2D eigenvalue weighted by Gasteiger charge is -2.26. The zero-order valence-corrected chi connectivity index (χ0v) is 13.4. The van der Waals surface area contributed by atoms with Crippen LogP contribution in [0.2, 0.25) is 0 Å². The van der Waals surface area contributed by atoms with Crippen LogP contribution in [0.3, 0.4) is 0 Å². The first-order valence-corrected chi connectivity index (χ1v) is 8.63. The van der Waals surface area contributed by atoms with Gasteiger partial charge in [-0.25, -0.2) is 0 Å². The number of nitrogens with one attached hydrogen (secondary N) is 1. The number of hydrogen-bond acceptors (Lipinski definition) is 3. The third-order valence-corrected chi connectivity index (χ3v) is 5.32. The van der Waals surface area contributed by atoms with Crippen LogP contribution >= 0.6 is 11.3 Å². The van der Waals surface area contributed by atoms with Crippen molar-refractivity contribution in [3.63, 3.8) is 0 Å². The lowest BCUT2D eigenvalue weighted by atomic mass is 9.92. The van der Waals surface area contributed by atoms with Crippen LogP contribution in [-0.4, -0.2) is 18.0 Å². The molecule has 1 aliphatic rings. The molecular formula is C16H26N2OS. The SMILES string of the molecule is CCCc1sc(C(=O)NC2CCC(N)CC2)cc1CC. The fourth-order valence-electron chi connectivity index (χ4n) is 2.84. The molecule has 1 fully saturated rings. The Morgan fingerprint density at radius 1 is 1.35 bits per heavy atom. The van der Waals surface area contributed by atoms with Gasteiger partial charge in [-0.1, -0.05) is 20.3 Å². The van der Waals surface area contributed by atoms with Crippen LogP contribution in [0.15, 0.2) is 6.07 Å². The molecule has 3 N–H and O–H groups in total. The predicted octanol–water partition coefficient (Wildman–Crippen LogP) is 3.26. The van der Waals surface area contributed by atoms with Crippen molar-refractivity contribution in [2.45, 2.75) is 70.9 Å². The van der Waals surface area contributed by atoms with E-state index in [-0.39, 0.29) is 5.91 Å². The summed E-state index contributed by atoms with van der Waals surface area (Å²) in [5, 5.41) is 3.18. The van der Waals surface area contributed by atoms with Crippen molar-refractivity contribution in [3.8, 4) is 0 Å². The number of amides is 1. The highest BCUT2D eigenvalue weighted by molar-refractivity contribution is 7.14. The average Bonchev–Trinajstić information content (AvgIpc) is 2.85. The van der Waals surface area contributed by atoms with Gasteiger partial charge in [0.25, 0.3) is 5.91 Å². The maximum atomic E-state index is 12.3. The van der Waals surface area contributed by atoms with Gasteiger partial charge in [0.15, 0.2) is 0 Å². The van der Waals surface area contributed by atoms with Crippen LogP contribution in [0.25, 0.3) is 0 Å². The molecule has 1 saturated carbocycles. The van der Waals surface area contributed by atoms with E-state index >= 15 is 0 Å². The maximum Gasteiger partial charge on any atom is 0.261 e. The quantitative estimate of drug-likeness (QED) is 0.875. The molecule has 3 nitrogen and oxygen atoms in total. The van der Waals surface area contributed by atoms with Gasteiger partial charge in [-0.2, -0.15) is 0 Å². The Balaban J connectivity index is 1.98. The number of thiophene rings is 1. The van der Waals surface area contributed by atoms with Crippen molar-refractivity contribution in [2.24, 2.45) is 5.73 Å². The first kappa shape index (κ1) is 15.5. The van der Waals surface area contributed by atoms with E-state index in [1.807, 2.05) is 0 Å². The van der Waals surface area contributed by atoms with Crippen molar-refractivity contribution in [2.75, 3.05) is 0 Å². The average molecular weight is 294 g/mol. The Morgan fingerprint density at radius 2 is 2.05 bits per heavy atom. The second-order valence-electron chi connectivity index (χ2n) is 5.75. The lowest BCUT2D eigenvalue weighted by molar-refractivity contribution is 0.0930. The van der Waals surface area contributed by atoms with E-state index in [0.717, 1.165) is 49.8 Å². The van der Waals surface area contributed by atoms with Crippen LogP contribution in [-0.2, 0) is 12.8 Å². The van der Waals surface area contributed by atoms with Crippen LogP contribution in [0.4, 0.5) is 0 Å². The van der Waals surface area contributed by atoms with Gasteiger partial charge < -0.3 is 11.1 Å². The fraction of sp³-hybridized carbons (Fsp3) is 0.688. The summed E-state index contributed by atoms with van der Waals surface area (Å²) in [7, 11) is 0. The van der Waals surface area contributed by atoms with Gasteiger partial charge in [0.2, 0.25) is 0 Å². The highest BCUT2D eigenvalue weighted by atomic mass is 32.1. The summed E-state index contributed by atoms with van der Waals surface area (Å²) in [6.45, 7) is 4.34. The minimum absolute atomic E-state index is 0.104. The number of carbonyl (C=O) groups excluding carboxylic acids is 1. The normalized spacial score (nSPS) is 22.8. The molecule has 1 aromatic rings. The van der Waals surface area contributed by atoms with Gasteiger partial charge in [0.1, 0.15) is 0 Å². The molecule has 0 aliphatic heterocycles. The Kier molecular flexibility index (Phi) is 5.61. The molecule has 2 rings (SSSR count). The second-order valence-corrected chi connectivity index (χ2v) is 6.88. The Morgan fingerprint density at radius 3 is 2.65 bits per heavy atom. The maximum absolute atomic E-state index is 12.3. The van der Waals surface area contributed by atoms with Gasteiger partial charge in [-0.3, -0.25) is 4.79 Å². The summed E-state index contributed by atoms with van der Waals surface area (Å²) < 4.78 is 0. The molecule has 0 atom stereocenters. The molecule has 1 amide bonds. The topological polar surface area (TPSA) is 55.1 Å². The lowest BCUT2D eigenvalue weighted by Crippen LogP contribution is -2.40. The minimum Gasteiger partial charge on any atom is -0.349 e. The number of carbonyl (C=O) groups is 1. The standard InChI is InChI=1S/C16H26N2OS/c1-3-5-14-11(4-2)10-15(20-14)16(19)18-13-8-6-12(17)7-9-13/h10,12-13H,3-9,17H2,1-2H3,(H,18,19). The number of aryl methyl sites for hydroxylation is 2. The van der Waals surface area contributed by atoms with E-state index in [9.17, 15) is 4.79 Å². The summed E-state index contributed by atoms with van der Waals surface area (Å²) in [5.74, 6) is 0.104. The number of nitrogens with two attached hydrogens (primary N) is 1. The highest BCUT2D eigenvalue weighted by Gasteiger charge is 2.21. The predicted molar refractivity (Wildman–Crippen MR) is 85.4 cm³/mol. The van der Waals surface area contributed by atoms with E-state index in [2.05, 4.69) is 25.2 Å². The third-order valence-electron chi connectivity index (χ3n) is 4.09. The second kappa shape index (κ2) is 7.23. The van der Waals surface area contributed by atoms with Crippen molar-refractivity contribution in [1.82, 2.24) is 5.32 Å². The first-order chi connectivity index (χ1) is 9.63.